The maximum absolute atomic E-state index is 12.3. The van der Waals surface area contributed by atoms with Crippen molar-refractivity contribution in [3.8, 4) is 0 Å². The van der Waals surface area contributed by atoms with Crippen molar-refractivity contribution in [2.24, 2.45) is 5.92 Å². The average Bonchev–Trinajstić information content (AvgIpc) is 3.20. The molecule has 1 saturated carbocycles. The van der Waals surface area contributed by atoms with E-state index < -0.39 is 0 Å². The number of Topliss-reactive ketones (excluding diaryl/α,β-unsaturated/α-hetero) is 1. The number of rotatable bonds is 3. The van der Waals surface area contributed by atoms with Crippen LogP contribution in [0.4, 0.5) is 0 Å². The number of carbonyl (C=O) groups is 1. The SMILES string of the molecule is O=C(c1ccccc1Cl)C1CC1c1ccccc1. The van der Waals surface area contributed by atoms with Crippen LogP contribution in [0.5, 0.6) is 0 Å². The summed E-state index contributed by atoms with van der Waals surface area (Å²) in [4.78, 5) is 12.3. The Morgan fingerprint density at radius 1 is 1.00 bits per heavy atom. The summed E-state index contributed by atoms with van der Waals surface area (Å²) in [5, 5.41) is 0.557. The second-order valence-corrected chi connectivity index (χ2v) is 5.11. The highest BCUT2D eigenvalue weighted by Crippen LogP contribution is 2.49. The Morgan fingerprint density at radius 3 is 2.39 bits per heavy atom. The Bertz CT molecular complexity index is 577. The molecule has 2 unspecified atom stereocenters. The third-order valence-corrected chi connectivity index (χ3v) is 3.82. The Labute approximate surface area is 111 Å². The second kappa shape index (κ2) is 4.58. The minimum absolute atomic E-state index is 0.104. The van der Waals surface area contributed by atoms with Gasteiger partial charge in [0, 0.05) is 11.5 Å². The average molecular weight is 257 g/mol. The molecule has 0 amide bonds. The first-order chi connectivity index (χ1) is 8.77. The zero-order valence-electron chi connectivity index (χ0n) is 9.84. The van der Waals surface area contributed by atoms with E-state index in [2.05, 4.69) is 12.1 Å². The fraction of sp³-hybridized carbons (Fsp3) is 0.188. The second-order valence-electron chi connectivity index (χ2n) is 4.70. The van der Waals surface area contributed by atoms with E-state index >= 15 is 0 Å². The van der Waals surface area contributed by atoms with Crippen LogP contribution in [0.15, 0.2) is 54.6 Å². The number of hydrogen-bond donors (Lipinski definition) is 0. The Balaban J connectivity index is 1.80. The zero-order valence-corrected chi connectivity index (χ0v) is 10.6. The van der Waals surface area contributed by atoms with Gasteiger partial charge in [0.25, 0.3) is 0 Å². The van der Waals surface area contributed by atoms with E-state index in [-0.39, 0.29) is 11.7 Å². The molecule has 18 heavy (non-hydrogen) atoms. The van der Waals surface area contributed by atoms with E-state index in [0.717, 1.165) is 6.42 Å². The van der Waals surface area contributed by atoms with Crippen molar-refractivity contribution < 1.29 is 4.79 Å². The van der Waals surface area contributed by atoms with Crippen molar-refractivity contribution in [1.29, 1.82) is 0 Å². The normalized spacial score (nSPS) is 21.6. The lowest BCUT2D eigenvalue weighted by molar-refractivity contribution is 0.0965. The molecule has 1 aliphatic carbocycles. The van der Waals surface area contributed by atoms with Gasteiger partial charge < -0.3 is 0 Å². The lowest BCUT2D eigenvalue weighted by Crippen LogP contribution is -2.03. The maximum Gasteiger partial charge on any atom is 0.168 e. The van der Waals surface area contributed by atoms with Crippen molar-refractivity contribution in [1.82, 2.24) is 0 Å². The summed E-state index contributed by atoms with van der Waals surface area (Å²) < 4.78 is 0. The summed E-state index contributed by atoms with van der Waals surface area (Å²) in [6.07, 6.45) is 0.939. The van der Waals surface area contributed by atoms with Crippen molar-refractivity contribution in [3.63, 3.8) is 0 Å². The highest BCUT2D eigenvalue weighted by atomic mass is 35.5. The Kier molecular flexibility index (Phi) is 2.92. The first kappa shape index (κ1) is 11.5. The summed E-state index contributed by atoms with van der Waals surface area (Å²) >= 11 is 6.06. The van der Waals surface area contributed by atoms with Gasteiger partial charge in [0.1, 0.15) is 0 Å². The van der Waals surface area contributed by atoms with Crippen LogP contribution in [0.2, 0.25) is 5.02 Å². The maximum atomic E-state index is 12.3. The highest BCUT2D eigenvalue weighted by Gasteiger charge is 2.44. The minimum Gasteiger partial charge on any atom is -0.294 e. The summed E-state index contributed by atoms with van der Waals surface area (Å²) in [5.41, 5.74) is 1.91. The van der Waals surface area contributed by atoms with Crippen LogP contribution in [0, 0.1) is 5.92 Å². The zero-order chi connectivity index (χ0) is 12.5. The number of benzene rings is 2. The van der Waals surface area contributed by atoms with Crippen molar-refractivity contribution in [3.05, 3.63) is 70.7 Å². The summed E-state index contributed by atoms with van der Waals surface area (Å²) in [6.45, 7) is 0. The van der Waals surface area contributed by atoms with Crippen molar-refractivity contribution >= 4 is 17.4 Å². The van der Waals surface area contributed by atoms with Crippen LogP contribution in [-0.4, -0.2) is 5.78 Å². The predicted molar refractivity (Wildman–Crippen MR) is 73.1 cm³/mol. The first-order valence-electron chi connectivity index (χ1n) is 6.11. The summed E-state index contributed by atoms with van der Waals surface area (Å²) in [5.74, 6) is 0.650. The molecule has 0 bridgehead atoms. The minimum atomic E-state index is 0.104. The molecule has 0 radical (unpaired) electrons. The molecular formula is C16H13ClO. The van der Waals surface area contributed by atoms with E-state index in [9.17, 15) is 4.79 Å². The van der Waals surface area contributed by atoms with E-state index in [0.29, 0.717) is 16.5 Å². The van der Waals surface area contributed by atoms with Gasteiger partial charge in [-0.1, -0.05) is 54.1 Å². The van der Waals surface area contributed by atoms with Gasteiger partial charge in [0.15, 0.2) is 5.78 Å². The van der Waals surface area contributed by atoms with Crippen LogP contribution < -0.4 is 0 Å². The molecule has 1 nitrogen and oxygen atoms in total. The molecule has 2 atom stereocenters. The molecule has 90 valence electrons. The first-order valence-corrected chi connectivity index (χ1v) is 6.49. The Hall–Kier alpha value is -1.60. The van der Waals surface area contributed by atoms with Gasteiger partial charge in [-0.15, -0.1) is 0 Å². The molecule has 0 saturated heterocycles. The topological polar surface area (TPSA) is 17.1 Å². The van der Waals surface area contributed by atoms with Gasteiger partial charge in [-0.05, 0) is 30.0 Å². The number of ketones is 1. The fourth-order valence-corrected chi connectivity index (χ4v) is 2.64. The van der Waals surface area contributed by atoms with E-state index in [4.69, 9.17) is 11.6 Å². The molecule has 2 aromatic carbocycles. The molecule has 1 aliphatic rings. The summed E-state index contributed by atoms with van der Waals surface area (Å²) in [7, 11) is 0. The van der Waals surface area contributed by atoms with E-state index in [1.807, 2.05) is 36.4 Å². The molecular weight excluding hydrogens is 244 g/mol. The van der Waals surface area contributed by atoms with Crippen LogP contribution in [0.1, 0.15) is 28.3 Å². The van der Waals surface area contributed by atoms with Gasteiger partial charge >= 0.3 is 0 Å². The predicted octanol–water partition coefficient (Wildman–Crippen LogP) is 4.33. The van der Waals surface area contributed by atoms with Crippen LogP contribution >= 0.6 is 11.6 Å². The molecule has 2 aromatic rings. The molecule has 2 heteroatoms. The lowest BCUT2D eigenvalue weighted by Gasteiger charge is -2.03. The number of carbonyl (C=O) groups excluding carboxylic acids is 1. The lowest BCUT2D eigenvalue weighted by atomic mass is 10.0. The van der Waals surface area contributed by atoms with Gasteiger partial charge in [0.05, 0.1) is 5.02 Å². The van der Waals surface area contributed by atoms with Crippen LogP contribution in [0.3, 0.4) is 0 Å². The molecule has 0 spiro atoms. The van der Waals surface area contributed by atoms with Crippen molar-refractivity contribution in [2.75, 3.05) is 0 Å². The molecule has 0 N–H and O–H groups in total. The quantitative estimate of drug-likeness (QED) is 0.747. The van der Waals surface area contributed by atoms with E-state index in [1.165, 1.54) is 5.56 Å². The van der Waals surface area contributed by atoms with Gasteiger partial charge in [-0.3, -0.25) is 4.79 Å². The van der Waals surface area contributed by atoms with Gasteiger partial charge in [-0.2, -0.15) is 0 Å². The molecule has 0 aliphatic heterocycles. The third-order valence-electron chi connectivity index (χ3n) is 3.49. The molecule has 0 aromatic heterocycles. The third kappa shape index (κ3) is 2.06. The fourth-order valence-electron chi connectivity index (χ4n) is 2.41. The van der Waals surface area contributed by atoms with E-state index in [1.54, 1.807) is 6.07 Å². The van der Waals surface area contributed by atoms with Crippen molar-refractivity contribution in [2.45, 2.75) is 12.3 Å². The molecule has 3 rings (SSSR count). The monoisotopic (exact) mass is 256 g/mol. The highest BCUT2D eigenvalue weighted by molar-refractivity contribution is 6.34. The van der Waals surface area contributed by atoms with Gasteiger partial charge in [0.2, 0.25) is 0 Å². The molecule has 0 heterocycles. The van der Waals surface area contributed by atoms with Crippen LogP contribution in [-0.2, 0) is 0 Å². The number of hydrogen-bond acceptors (Lipinski definition) is 1. The Morgan fingerprint density at radius 2 is 1.67 bits per heavy atom. The van der Waals surface area contributed by atoms with Crippen LogP contribution in [0.25, 0.3) is 0 Å². The molecule has 1 fully saturated rings. The standard InChI is InChI=1S/C16H13ClO/c17-15-9-5-4-8-12(15)16(18)14-10-13(14)11-6-2-1-3-7-11/h1-9,13-14H,10H2. The number of halogens is 1. The summed E-state index contributed by atoms with van der Waals surface area (Å²) in [6, 6.07) is 17.5. The largest absolute Gasteiger partial charge is 0.294 e. The van der Waals surface area contributed by atoms with Gasteiger partial charge in [-0.25, -0.2) is 0 Å². The smallest absolute Gasteiger partial charge is 0.168 e.